The Balaban J connectivity index is 1.55. The number of nitrogens with one attached hydrogen (secondary N) is 1. The summed E-state index contributed by atoms with van der Waals surface area (Å²) in [5, 5.41) is 3.12. The van der Waals surface area contributed by atoms with Crippen LogP contribution in [0.4, 0.5) is 0 Å². The van der Waals surface area contributed by atoms with E-state index in [2.05, 4.69) is 35.7 Å². The van der Waals surface area contributed by atoms with Gasteiger partial charge in [0.25, 0.3) is 0 Å². The molecule has 1 amide bonds. The molecule has 1 aliphatic heterocycles. The topological polar surface area (TPSA) is 38.3 Å². The molecule has 20 heavy (non-hydrogen) atoms. The van der Waals surface area contributed by atoms with Crippen LogP contribution in [0.15, 0.2) is 36.4 Å². The van der Waals surface area contributed by atoms with E-state index in [9.17, 15) is 4.79 Å². The molecule has 0 radical (unpaired) electrons. The summed E-state index contributed by atoms with van der Waals surface area (Å²) in [7, 11) is 0. The van der Waals surface area contributed by atoms with E-state index in [0.717, 1.165) is 38.7 Å². The first-order chi connectivity index (χ1) is 9.83. The van der Waals surface area contributed by atoms with Gasteiger partial charge >= 0.3 is 0 Å². The largest absolute Gasteiger partial charge is 0.368 e. The van der Waals surface area contributed by atoms with Crippen molar-refractivity contribution in [3.63, 3.8) is 0 Å². The predicted octanol–water partition coefficient (Wildman–Crippen LogP) is 2.92. The van der Waals surface area contributed by atoms with Crippen molar-refractivity contribution in [3.05, 3.63) is 42.0 Å². The van der Waals surface area contributed by atoms with Crippen molar-refractivity contribution < 1.29 is 9.53 Å². The molecular formula is C17H21NO2. The molecule has 1 N–H and O–H groups in total. The molecule has 1 aliphatic carbocycles. The molecule has 1 aromatic carbocycles. The molecule has 3 rings (SSSR count). The summed E-state index contributed by atoms with van der Waals surface area (Å²) >= 11 is 0. The Morgan fingerprint density at radius 3 is 2.70 bits per heavy atom. The Labute approximate surface area is 120 Å². The van der Waals surface area contributed by atoms with Gasteiger partial charge in [-0.15, -0.1) is 0 Å². The normalized spacial score (nSPS) is 26.1. The van der Waals surface area contributed by atoms with E-state index in [-0.39, 0.29) is 18.1 Å². The van der Waals surface area contributed by atoms with Crippen LogP contribution >= 0.6 is 0 Å². The van der Waals surface area contributed by atoms with Crippen LogP contribution in [0.3, 0.4) is 0 Å². The van der Waals surface area contributed by atoms with Crippen LogP contribution in [-0.4, -0.2) is 24.7 Å². The third-order valence-corrected chi connectivity index (χ3v) is 4.12. The second-order valence-corrected chi connectivity index (χ2v) is 5.58. The van der Waals surface area contributed by atoms with Gasteiger partial charge in [-0.2, -0.15) is 0 Å². The smallest absolute Gasteiger partial charge is 0.249 e. The van der Waals surface area contributed by atoms with Crippen molar-refractivity contribution in [2.24, 2.45) is 0 Å². The van der Waals surface area contributed by atoms with E-state index in [1.165, 1.54) is 11.1 Å². The molecule has 3 heteroatoms. The van der Waals surface area contributed by atoms with Crippen LogP contribution in [0.5, 0.6) is 0 Å². The average molecular weight is 271 g/mol. The van der Waals surface area contributed by atoms with E-state index in [0.29, 0.717) is 0 Å². The molecule has 1 heterocycles. The van der Waals surface area contributed by atoms with E-state index >= 15 is 0 Å². The minimum Gasteiger partial charge on any atom is -0.368 e. The summed E-state index contributed by atoms with van der Waals surface area (Å²) < 4.78 is 5.42. The molecule has 1 fully saturated rings. The van der Waals surface area contributed by atoms with Crippen LogP contribution in [0.1, 0.15) is 37.7 Å². The third-order valence-electron chi connectivity index (χ3n) is 4.12. The lowest BCUT2D eigenvalue weighted by Gasteiger charge is -2.24. The van der Waals surface area contributed by atoms with Gasteiger partial charge in [0.1, 0.15) is 6.10 Å². The first-order valence-corrected chi connectivity index (χ1v) is 7.49. The van der Waals surface area contributed by atoms with Gasteiger partial charge in [-0.25, -0.2) is 0 Å². The summed E-state index contributed by atoms with van der Waals surface area (Å²) in [5.41, 5.74) is 2.70. The minimum absolute atomic E-state index is 0.0732. The summed E-state index contributed by atoms with van der Waals surface area (Å²) in [6.45, 7) is 0.723. The number of allylic oxidation sites excluding steroid dienone is 1. The second kappa shape index (κ2) is 6.23. The third kappa shape index (κ3) is 3.10. The number of rotatable bonds is 3. The molecule has 106 valence electrons. The lowest BCUT2D eigenvalue weighted by molar-refractivity contribution is -0.130. The Kier molecular flexibility index (Phi) is 4.16. The van der Waals surface area contributed by atoms with Crippen molar-refractivity contribution in [2.75, 3.05) is 6.61 Å². The predicted molar refractivity (Wildman–Crippen MR) is 79.2 cm³/mol. The van der Waals surface area contributed by atoms with Gasteiger partial charge in [-0.3, -0.25) is 4.79 Å². The monoisotopic (exact) mass is 271 g/mol. The van der Waals surface area contributed by atoms with Gasteiger partial charge in [0.2, 0.25) is 5.91 Å². The van der Waals surface area contributed by atoms with Crippen LogP contribution < -0.4 is 5.32 Å². The second-order valence-electron chi connectivity index (χ2n) is 5.58. The lowest BCUT2D eigenvalue weighted by atomic mass is 9.90. The molecule has 0 bridgehead atoms. The maximum atomic E-state index is 12.0. The molecular weight excluding hydrogens is 250 g/mol. The summed E-state index contributed by atoms with van der Waals surface area (Å²) in [4.78, 5) is 12.0. The van der Waals surface area contributed by atoms with Crippen LogP contribution in [0, 0.1) is 0 Å². The molecule has 1 unspecified atom stereocenters. The van der Waals surface area contributed by atoms with Crippen molar-refractivity contribution in [1.29, 1.82) is 0 Å². The molecule has 1 saturated heterocycles. The Morgan fingerprint density at radius 2 is 2.05 bits per heavy atom. The Hall–Kier alpha value is -1.61. The number of ether oxygens (including phenoxy) is 1. The number of carbonyl (C=O) groups is 1. The number of amides is 1. The summed E-state index contributed by atoms with van der Waals surface area (Å²) in [6, 6.07) is 10.7. The maximum absolute atomic E-state index is 12.0. The van der Waals surface area contributed by atoms with E-state index in [1.807, 2.05) is 6.07 Å². The minimum atomic E-state index is -0.213. The van der Waals surface area contributed by atoms with Gasteiger partial charge in [-0.1, -0.05) is 36.4 Å². The van der Waals surface area contributed by atoms with Crippen LogP contribution in [-0.2, 0) is 9.53 Å². The molecule has 2 atom stereocenters. The standard InChI is InChI=1S/C17H21NO2/c19-17(16-7-4-12-20-16)18-15-10-8-14(9-11-15)13-5-2-1-3-6-13/h1-3,5-6,8,15-16H,4,7,9-12H2,(H,18,19)/t15?,16-/m0/s1. The first kappa shape index (κ1) is 13.4. The van der Waals surface area contributed by atoms with Crippen molar-refractivity contribution in [2.45, 2.75) is 44.2 Å². The first-order valence-electron chi connectivity index (χ1n) is 7.49. The van der Waals surface area contributed by atoms with E-state index in [1.54, 1.807) is 0 Å². The van der Waals surface area contributed by atoms with Crippen LogP contribution in [0.25, 0.3) is 5.57 Å². The zero-order valence-electron chi connectivity index (χ0n) is 11.7. The van der Waals surface area contributed by atoms with Gasteiger partial charge < -0.3 is 10.1 Å². The number of hydrogen-bond acceptors (Lipinski definition) is 2. The average Bonchev–Trinajstić information content (AvgIpc) is 3.03. The number of carbonyl (C=O) groups excluding carboxylic acids is 1. The zero-order valence-corrected chi connectivity index (χ0v) is 11.7. The SMILES string of the molecule is O=C(NC1CC=C(c2ccccc2)CC1)[C@@H]1CCCO1. The van der Waals surface area contributed by atoms with Gasteiger partial charge in [0, 0.05) is 12.6 Å². The molecule has 0 saturated carbocycles. The van der Waals surface area contributed by atoms with Crippen molar-refractivity contribution in [1.82, 2.24) is 5.32 Å². The zero-order chi connectivity index (χ0) is 13.8. The maximum Gasteiger partial charge on any atom is 0.249 e. The van der Waals surface area contributed by atoms with Gasteiger partial charge in [0.05, 0.1) is 0 Å². The highest BCUT2D eigenvalue weighted by molar-refractivity contribution is 5.81. The molecule has 1 aromatic rings. The Bertz CT molecular complexity index is 489. The van der Waals surface area contributed by atoms with Crippen molar-refractivity contribution in [3.8, 4) is 0 Å². The lowest BCUT2D eigenvalue weighted by Crippen LogP contribution is -2.41. The fraction of sp³-hybridized carbons (Fsp3) is 0.471. The molecule has 2 aliphatic rings. The fourth-order valence-corrected chi connectivity index (χ4v) is 2.96. The fourth-order valence-electron chi connectivity index (χ4n) is 2.96. The summed E-state index contributed by atoms with van der Waals surface area (Å²) in [5.74, 6) is 0.0732. The highest BCUT2D eigenvalue weighted by Crippen LogP contribution is 2.27. The number of benzene rings is 1. The van der Waals surface area contributed by atoms with Crippen molar-refractivity contribution >= 4 is 11.5 Å². The van der Waals surface area contributed by atoms with Gasteiger partial charge in [0.15, 0.2) is 0 Å². The molecule has 3 nitrogen and oxygen atoms in total. The molecule has 0 spiro atoms. The highest BCUT2D eigenvalue weighted by Gasteiger charge is 2.26. The summed E-state index contributed by atoms with van der Waals surface area (Å²) in [6.07, 6.45) is 6.88. The molecule has 0 aromatic heterocycles. The number of hydrogen-bond donors (Lipinski definition) is 1. The van der Waals surface area contributed by atoms with Gasteiger partial charge in [-0.05, 0) is 43.2 Å². The van der Waals surface area contributed by atoms with E-state index in [4.69, 9.17) is 4.74 Å². The van der Waals surface area contributed by atoms with E-state index < -0.39 is 0 Å². The van der Waals surface area contributed by atoms with Crippen LogP contribution in [0.2, 0.25) is 0 Å². The highest BCUT2D eigenvalue weighted by atomic mass is 16.5. The quantitative estimate of drug-likeness (QED) is 0.918. The Morgan fingerprint density at radius 1 is 1.20 bits per heavy atom.